The predicted octanol–water partition coefficient (Wildman–Crippen LogP) is 0.377. The third kappa shape index (κ3) is 5.78. The summed E-state index contributed by atoms with van der Waals surface area (Å²) in [6, 6.07) is 0. The Morgan fingerprint density at radius 1 is 1.26 bits per heavy atom. The Morgan fingerprint density at radius 2 is 2.00 bits per heavy atom. The number of nitrogens with one attached hydrogen (secondary N) is 2. The van der Waals surface area contributed by atoms with Crippen LogP contribution in [0, 0.1) is 0 Å². The Labute approximate surface area is 116 Å². The van der Waals surface area contributed by atoms with E-state index >= 15 is 0 Å². The topological polar surface area (TPSA) is 73.8 Å². The number of rotatable bonds is 7. The van der Waals surface area contributed by atoms with E-state index in [1.807, 2.05) is 0 Å². The zero-order valence-electron chi connectivity index (χ0n) is 12.0. The minimum Gasteiger partial charge on any atom is -0.356 e. The van der Waals surface area contributed by atoms with Gasteiger partial charge in [-0.3, -0.25) is 4.99 Å². The molecule has 0 aromatic heterocycles. The summed E-state index contributed by atoms with van der Waals surface area (Å²) in [5, 5.41) is 6.37. The van der Waals surface area contributed by atoms with Crippen LogP contribution in [0.15, 0.2) is 4.99 Å². The minimum absolute atomic E-state index is 0.289. The molecule has 0 bridgehead atoms. The second kappa shape index (κ2) is 8.37. The first-order valence-corrected chi connectivity index (χ1v) is 8.63. The summed E-state index contributed by atoms with van der Waals surface area (Å²) in [5.41, 5.74) is 0. The normalized spacial score (nSPS) is 19.6. The lowest BCUT2D eigenvalue weighted by Crippen LogP contribution is -2.42. The molecule has 19 heavy (non-hydrogen) atoms. The van der Waals surface area contributed by atoms with Crippen molar-refractivity contribution < 1.29 is 8.42 Å². The van der Waals surface area contributed by atoms with Crippen LogP contribution in [-0.2, 0) is 10.0 Å². The Hall–Kier alpha value is -0.820. The molecule has 1 heterocycles. The summed E-state index contributed by atoms with van der Waals surface area (Å²) >= 11 is 0. The monoisotopic (exact) mass is 290 g/mol. The van der Waals surface area contributed by atoms with Gasteiger partial charge in [0.05, 0.1) is 5.75 Å². The fraction of sp³-hybridized carbons (Fsp3) is 0.917. The van der Waals surface area contributed by atoms with Gasteiger partial charge < -0.3 is 10.6 Å². The fourth-order valence-electron chi connectivity index (χ4n) is 2.04. The zero-order chi connectivity index (χ0) is 14.1. The molecule has 0 aromatic carbocycles. The fourth-order valence-corrected chi connectivity index (χ4v) is 3.57. The number of hydrogen-bond acceptors (Lipinski definition) is 3. The Kier molecular flexibility index (Phi) is 7.15. The van der Waals surface area contributed by atoms with Gasteiger partial charge in [-0.1, -0.05) is 19.8 Å². The Balaban J connectivity index is 2.19. The van der Waals surface area contributed by atoms with Crippen LogP contribution in [0.25, 0.3) is 0 Å². The minimum atomic E-state index is -2.98. The molecule has 0 spiro atoms. The highest BCUT2D eigenvalue weighted by atomic mass is 32.2. The molecular weight excluding hydrogens is 264 g/mol. The van der Waals surface area contributed by atoms with Gasteiger partial charge in [0, 0.05) is 33.2 Å². The molecule has 2 N–H and O–H groups in total. The second-order valence-electron chi connectivity index (χ2n) is 4.70. The smallest absolute Gasteiger partial charge is 0.214 e. The van der Waals surface area contributed by atoms with Crippen molar-refractivity contribution in [2.24, 2.45) is 4.99 Å². The van der Waals surface area contributed by atoms with E-state index in [-0.39, 0.29) is 5.75 Å². The number of aliphatic imine (C=N–C) groups is 1. The molecule has 1 rings (SSSR count). The Bertz CT molecular complexity index is 381. The first-order valence-electron chi connectivity index (χ1n) is 7.02. The molecule has 6 nitrogen and oxygen atoms in total. The van der Waals surface area contributed by atoms with Gasteiger partial charge in [0.2, 0.25) is 10.0 Å². The molecular formula is C12H26N4O2S. The molecule has 0 amide bonds. The zero-order valence-corrected chi connectivity index (χ0v) is 12.8. The van der Waals surface area contributed by atoms with Crippen molar-refractivity contribution in [3.05, 3.63) is 0 Å². The molecule has 7 heteroatoms. The average molecular weight is 290 g/mol. The molecule has 1 aliphatic heterocycles. The van der Waals surface area contributed by atoms with Crippen LogP contribution in [-0.4, -0.2) is 57.7 Å². The van der Waals surface area contributed by atoms with Gasteiger partial charge in [0.25, 0.3) is 0 Å². The van der Waals surface area contributed by atoms with E-state index < -0.39 is 10.0 Å². The molecule has 0 saturated carbocycles. The summed E-state index contributed by atoms with van der Waals surface area (Å²) in [4.78, 5) is 4.11. The van der Waals surface area contributed by atoms with Gasteiger partial charge in [0.1, 0.15) is 0 Å². The SMILES string of the molecule is CCCCCNC(=NC)NCCN1CCCS1(=O)=O. The maximum Gasteiger partial charge on any atom is 0.214 e. The second-order valence-corrected chi connectivity index (χ2v) is 6.79. The van der Waals surface area contributed by atoms with Crippen molar-refractivity contribution in [3.63, 3.8) is 0 Å². The van der Waals surface area contributed by atoms with E-state index in [2.05, 4.69) is 22.5 Å². The van der Waals surface area contributed by atoms with Crippen molar-refractivity contribution in [1.29, 1.82) is 0 Å². The van der Waals surface area contributed by atoms with Gasteiger partial charge in [-0.15, -0.1) is 0 Å². The number of nitrogens with zero attached hydrogens (tertiary/aromatic N) is 2. The highest BCUT2D eigenvalue weighted by Crippen LogP contribution is 2.11. The predicted molar refractivity (Wildman–Crippen MR) is 78.9 cm³/mol. The van der Waals surface area contributed by atoms with E-state index in [1.54, 1.807) is 11.4 Å². The lowest BCUT2D eigenvalue weighted by Gasteiger charge is -2.16. The number of guanidine groups is 1. The van der Waals surface area contributed by atoms with Crippen LogP contribution in [0.3, 0.4) is 0 Å². The average Bonchev–Trinajstić information content (AvgIpc) is 2.71. The molecule has 0 unspecified atom stereocenters. The van der Waals surface area contributed by atoms with E-state index in [0.717, 1.165) is 25.3 Å². The standard InChI is InChI=1S/C12H26N4O2S/c1-3-4-5-7-14-12(13-2)15-8-10-16-9-6-11-19(16,17)18/h3-11H2,1-2H3,(H2,13,14,15). The highest BCUT2D eigenvalue weighted by molar-refractivity contribution is 7.89. The first kappa shape index (κ1) is 16.2. The third-order valence-electron chi connectivity index (χ3n) is 3.15. The molecule has 1 aliphatic rings. The summed E-state index contributed by atoms with van der Waals surface area (Å²) in [7, 11) is -1.26. The van der Waals surface area contributed by atoms with Crippen molar-refractivity contribution >= 4 is 16.0 Å². The third-order valence-corrected chi connectivity index (χ3v) is 5.11. The lowest BCUT2D eigenvalue weighted by molar-refractivity contribution is 0.445. The number of hydrogen-bond donors (Lipinski definition) is 2. The van der Waals surface area contributed by atoms with Crippen LogP contribution in [0.2, 0.25) is 0 Å². The lowest BCUT2D eigenvalue weighted by atomic mass is 10.2. The van der Waals surface area contributed by atoms with Gasteiger partial charge >= 0.3 is 0 Å². The van der Waals surface area contributed by atoms with Crippen molar-refractivity contribution in [2.45, 2.75) is 32.6 Å². The van der Waals surface area contributed by atoms with Gasteiger partial charge in [0.15, 0.2) is 5.96 Å². The van der Waals surface area contributed by atoms with Crippen LogP contribution in [0.1, 0.15) is 32.6 Å². The van der Waals surface area contributed by atoms with Crippen LogP contribution < -0.4 is 10.6 Å². The summed E-state index contributed by atoms with van der Waals surface area (Å²) in [5.74, 6) is 1.03. The maximum atomic E-state index is 11.6. The quantitative estimate of drug-likeness (QED) is 0.404. The van der Waals surface area contributed by atoms with Crippen LogP contribution in [0.4, 0.5) is 0 Å². The van der Waals surface area contributed by atoms with Gasteiger partial charge in [-0.2, -0.15) is 0 Å². The summed E-state index contributed by atoms with van der Waals surface area (Å²) in [6.07, 6.45) is 4.26. The molecule has 0 atom stereocenters. The molecule has 112 valence electrons. The largest absolute Gasteiger partial charge is 0.356 e. The van der Waals surface area contributed by atoms with Gasteiger partial charge in [-0.05, 0) is 12.8 Å². The van der Waals surface area contributed by atoms with E-state index in [1.165, 1.54) is 12.8 Å². The molecule has 1 fully saturated rings. The first-order chi connectivity index (χ1) is 9.10. The van der Waals surface area contributed by atoms with Crippen molar-refractivity contribution in [2.75, 3.05) is 39.0 Å². The maximum absolute atomic E-state index is 11.6. The van der Waals surface area contributed by atoms with Gasteiger partial charge in [-0.25, -0.2) is 12.7 Å². The molecule has 0 aliphatic carbocycles. The summed E-state index contributed by atoms with van der Waals surface area (Å²) < 4.78 is 24.8. The van der Waals surface area contributed by atoms with Crippen molar-refractivity contribution in [1.82, 2.24) is 14.9 Å². The number of unbranched alkanes of at least 4 members (excludes halogenated alkanes) is 2. The van der Waals surface area contributed by atoms with Crippen LogP contribution in [0.5, 0.6) is 0 Å². The molecule has 0 aromatic rings. The van der Waals surface area contributed by atoms with Crippen LogP contribution >= 0.6 is 0 Å². The molecule has 1 saturated heterocycles. The highest BCUT2D eigenvalue weighted by Gasteiger charge is 2.27. The molecule has 0 radical (unpaired) electrons. The van der Waals surface area contributed by atoms with Crippen molar-refractivity contribution in [3.8, 4) is 0 Å². The Morgan fingerprint density at radius 3 is 2.58 bits per heavy atom. The van der Waals surface area contributed by atoms with E-state index in [9.17, 15) is 8.42 Å². The van der Waals surface area contributed by atoms with E-state index in [0.29, 0.717) is 19.6 Å². The summed E-state index contributed by atoms with van der Waals surface area (Å²) in [6.45, 7) is 4.82. The number of sulfonamides is 1. The van der Waals surface area contributed by atoms with E-state index in [4.69, 9.17) is 0 Å².